The quantitative estimate of drug-likeness (QED) is 0.821. The van der Waals surface area contributed by atoms with Crippen molar-refractivity contribution in [1.29, 1.82) is 0 Å². The van der Waals surface area contributed by atoms with Crippen LogP contribution >= 0.6 is 0 Å². The Hall–Kier alpha value is -2.27. The predicted octanol–water partition coefficient (Wildman–Crippen LogP) is 3.39. The monoisotopic (exact) mass is 318 g/mol. The summed E-state index contributed by atoms with van der Waals surface area (Å²) >= 11 is 0. The maximum atomic E-state index is 13.5. The van der Waals surface area contributed by atoms with Crippen LogP contribution in [0.3, 0.4) is 0 Å². The van der Waals surface area contributed by atoms with Crippen molar-refractivity contribution in [3.05, 3.63) is 70.8 Å². The van der Waals surface area contributed by atoms with Crippen LogP contribution < -0.4 is 10.6 Å². The Morgan fingerprint density at radius 2 is 1.91 bits per heavy atom. The van der Waals surface area contributed by atoms with Crippen LogP contribution in [0, 0.1) is 11.6 Å². The predicted molar refractivity (Wildman–Crippen MR) is 86.0 cm³/mol. The van der Waals surface area contributed by atoms with Gasteiger partial charge in [-0.2, -0.15) is 0 Å². The summed E-state index contributed by atoms with van der Waals surface area (Å²) < 4.78 is 26.4. The van der Waals surface area contributed by atoms with Crippen molar-refractivity contribution in [2.24, 2.45) is 0 Å². The van der Waals surface area contributed by atoms with Crippen molar-refractivity contribution < 1.29 is 13.6 Å². The van der Waals surface area contributed by atoms with Gasteiger partial charge in [0.1, 0.15) is 11.6 Å². The fraction of sp³-hybridized carbons (Fsp3) is 0.278. The van der Waals surface area contributed by atoms with Gasteiger partial charge in [0.25, 0.3) is 5.91 Å². The molecule has 2 N–H and O–H groups in total. The van der Waals surface area contributed by atoms with Gasteiger partial charge in [-0.25, -0.2) is 8.78 Å². The molecule has 0 fully saturated rings. The van der Waals surface area contributed by atoms with Crippen molar-refractivity contribution in [2.45, 2.75) is 26.4 Å². The van der Waals surface area contributed by atoms with E-state index in [4.69, 9.17) is 0 Å². The lowest BCUT2D eigenvalue weighted by Gasteiger charge is -2.08. The summed E-state index contributed by atoms with van der Waals surface area (Å²) in [7, 11) is 0. The number of nitrogens with one attached hydrogen (secondary N) is 2. The Balaban J connectivity index is 1.92. The topological polar surface area (TPSA) is 41.1 Å². The number of hydrogen-bond donors (Lipinski definition) is 2. The number of carbonyl (C=O) groups excluding carboxylic acids is 1. The Kier molecular flexibility index (Phi) is 6.23. The van der Waals surface area contributed by atoms with E-state index in [1.165, 1.54) is 12.1 Å². The van der Waals surface area contributed by atoms with Crippen molar-refractivity contribution in [1.82, 2.24) is 10.6 Å². The number of amides is 1. The molecule has 2 aromatic rings. The first kappa shape index (κ1) is 17.1. The van der Waals surface area contributed by atoms with E-state index in [1.807, 2.05) is 19.1 Å². The minimum absolute atomic E-state index is 0.0988. The highest BCUT2D eigenvalue weighted by Crippen LogP contribution is 2.10. The van der Waals surface area contributed by atoms with Crippen LogP contribution in [0.25, 0.3) is 0 Å². The van der Waals surface area contributed by atoms with Crippen LogP contribution in [0.15, 0.2) is 42.5 Å². The molecule has 3 nitrogen and oxygen atoms in total. The molecule has 0 heterocycles. The Bertz CT molecular complexity index is 674. The van der Waals surface area contributed by atoms with Gasteiger partial charge in [-0.1, -0.05) is 25.1 Å². The lowest BCUT2D eigenvalue weighted by atomic mass is 10.1. The third kappa shape index (κ3) is 5.14. The largest absolute Gasteiger partial charge is 0.352 e. The standard InChI is InChI=1S/C18H20F2N2O/c1-2-8-22-18(23)14-5-3-4-13(9-14)11-21-12-15-6-7-16(19)10-17(15)20/h3-7,9-10,21H,2,8,11-12H2,1H3,(H,22,23). The molecular formula is C18H20F2N2O. The summed E-state index contributed by atoms with van der Waals surface area (Å²) in [5.41, 5.74) is 1.94. The summed E-state index contributed by atoms with van der Waals surface area (Å²) in [5.74, 6) is -1.25. The highest BCUT2D eigenvalue weighted by atomic mass is 19.1. The smallest absolute Gasteiger partial charge is 0.251 e. The Morgan fingerprint density at radius 1 is 1.09 bits per heavy atom. The molecule has 1 amide bonds. The summed E-state index contributed by atoms with van der Waals surface area (Å²) in [6.45, 7) is 3.42. The highest BCUT2D eigenvalue weighted by Gasteiger charge is 2.06. The van der Waals surface area contributed by atoms with E-state index in [9.17, 15) is 13.6 Å². The maximum absolute atomic E-state index is 13.5. The van der Waals surface area contributed by atoms with Crippen LogP contribution in [0.5, 0.6) is 0 Å². The second-order valence-electron chi connectivity index (χ2n) is 5.30. The molecule has 0 radical (unpaired) electrons. The first-order chi connectivity index (χ1) is 11.1. The summed E-state index contributed by atoms with van der Waals surface area (Å²) in [5, 5.41) is 5.92. The molecule has 0 spiro atoms. The zero-order chi connectivity index (χ0) is 16.7. The molecule has 0 unspecified atom stereocenters. The summed E-state index contributed by atoms with van der Waals surface area (Å²) in [6.07, 6.45) is 0.885. The van der Waals surface area contributed by atoms with E-state index in [1.54, 1.807) is 12.1 Å². The highest BCUT2D eigenvalue weighted by molar-refractivity contribution is 5.94. The third-order valence-electron chi connectivity index (χ3n) is 3.38. The minimum Gasteiger partial charge on any atom is -0.352 e. The molecule has 0 saturated carbocycles. The molecule has 0 atom stereocenters. The maximum Gasteiger partial charge on any atom is 0.251 e. The van der Waals surface area contributed by atoms with E-state index < -0.39 is 11.6 Å². The average molecular weight is 318 g/mol. The molecule has 5 heteroatoms. The van der Waals surface area contributed by atoms with Gasteiger partial charge in [-0.3, -0.25) is 4.79 Å². The third-order valence-corrected chi connectivity index (χ3v) is 3.38. The molecule has 2 rings (SSSR count). The molecule has 0 aliphatic heterocycles. The Morgan fingerprint density at radius 3 is 2.65 bits per heavy atom. The van der Waals surface area contributed by atoms with Gasteiger partial charge in [0.2, 0.25) is 0 Å². The van der Waals surface area contributed by atoms with Gasteiger partial charge in [0.15, 0.2) is 0 Å². The number of carbonyl (C=O) groups is 1. The van der Waals surface area contributed by atoms with Crippen molar-refractivity contribution in [2.75, 3.05) is 6.54 Å². The van der Waals surface area contributed by atoms with Crippen LogP contribution in [-0.4, -0.2) is 12.5 Å². The van der Waals surface area contributed by atoms with Crippen molar-refractivity contribution in [3.8, 4) is 0 Å². The van der Waals surface area contributed by atoms with Gasteiger partial charge in [0, 0.05) is 36.8 Å². The lowest BCUT2D eigenvalue weighted by Crippen LogP contribution is -2.24. The normalized spacial score (nSPS) is 10.6. The molecule has 0 saturated heterocycles. The number of hydrogen-bond acceptors (Lipinski definition) is 2. The Labute approximate surface area is 134 Å². The van der Waals surface area contributed by atoms with E-state index >= 15 is 0 Å². The molecule has 0 bridgehead atoms. The van der Waals surface area contributed by atoms with E-state index in [0.717, 1.165) is 18.1 Å². The molecule has 2 aromatic carbocycles. The number of benzene rings is 2. The molecule has 0 aromatic heterocycles. The van der Waals surface area contributed by atoms with Gasteiger partial charge in [0.05, 0.1) is 0 Å². The molecule has 0 aliphatic rings. The zero-order valence-corrected chi connectivity index (χ0v) is 13.0. The number of rotatable bonds is 7. The molecular weight excluding hydrogens is 298 g/mol. The van der Waals surface area contributed by atoms with Gasteiger partial charge < -0.3 is 10.6 Å². The minimum atomic E-state index is -0.586. The molecule has 0 aliphatic carbocycles. The number of halogens is 2. The second kappa shape index (κ2) is 8.39. The summed E-state index contributed by atoms with van der Waals surface area (Å²) in [6, 6.07) is 10.8. The fourth-order valence-corrected chi connectivity index (χ4v) is 2.17. The first-order valence-electron chi connectivity index (χ1n) is 7.62. The van der Waals surface area contributed by atoms with Gasteiger partial charge in [-0.05, 0) is 30.2 Å². The van der Waals surface area contributed by atoms with E-state index in [0.29, 0.717) is 30.8 Å². The van der Waals surface area contributed by atoms with Gasteiger partial charge >= 0.3 is 0 Å². The van der Waals surface area contributed by atoms with Gasteiger partial charge in [-0.15, -0.1) is 0 Å². The van der Waals surface area contributed by atoms with Crippen molar-refractivity contribution >= 4 is 5.91 Å². The van der Waals surface area contributed by atoms with Crippen LogP contribution in [0.4, 0.5) is 8.78 Å². The van der Waals surface area contributed by atoms with Crippen LogP contribution in [0.1, 0.15) is 34.8 Å². The van der Waals surface area contributed by atoms with Crippen LogP contribution in [0.2, 0.25) is 0 Å². The fourth-order valence-electron chi connectivity index (χ4n) is 2.17. The zero-order valence-electron chi connectivity index (χ0n) is 13.0. The molecule has 23 heavy (non-hydrogen) atoms. The van der Waals surface area contributed by atoms with E-state index in [2.05, 4.69) is 10.6 Å². The molecule has 122 valence electrons. The summed E-state index contributed by atoms with van der Waals surface area (Å²) in [4.78, 5) is 11.9. The second-order valence-corrected chi connectivity index (χ2v) is 5.30. The lowest BCUT2D eigenvalue weighted by molar-refractivity contribution is 0.0953. The SMILES string of the molecule is CCCNC(=O)c1cccc(CNCc2ccc(F)cc2F)c1. The van der Waals surface area contributed by atoms with E-state index in [-0.39, 0.29) is 5.91 Å². The van der Waals surface area contributed by atoms with Crippen LogP contribution in [-0.2, 0) is 13.1 Å². The van der Waals surface area contributed by atoms with Crippen molar-refractivity contribution in [3.63, 3.8) is 0 Å². The average Bonchev–Trinajstić information content (AvgIpc) is 2.55. The first-order valence-corrected chi connectivity index (χ1v) is 7.62.